The Hall–Kier alpha value is -1.22. The summed E-state index contributed by atoms with van der Waals surface area (Å²) in [6.07, 6.45) is 6.50. The zero-order valence-electron chi connectivity index (χ0n) is 11.2. The van der Waals surface area contributed by atoms with Crippen LogP contribution in [0, 0.1) is 0 Å². The van der Waals surface area contributed by atoms with E-state index in [0.717, 1.165) is 24.3 Å². The van der Waals surface area contributed by atoms with Crippen LogP contribution in [0.5, 0.6) is 5.75 Å². The van der Waals surface area contributed by atoms with Gasteiger partial charge in [0.2, 0.25) is 0 Å². The van der Waals surface area contributed by atoms with E-state index in [0.29, 0.717) is 5.75 Å². The zero-order chi connectivity index (χ0) is 13.0. The van der Waals surface area contributed by atoms with Crippen molar-refractivity contribution in [1.82, 2.24) is 0 Å². The number of benzene rings is 1. The van der Waals surface area contributed by atoms with Gasteiger partial charge >= 0.3 is 0 Å². The number of aromatic hydroxyl groups is 1. The third-order valence-corrected chi connectivity index (χ3v) is 3.73. The molecule has 0 bridgehead atoms. The van der Waals surface area contributed by atoms with Gasteiger partial charge in [0.1, 0.15) is 5.75 Å². The van der Waals surface area contributed by atoms with Crippen molar-refractivity contribution in [3.63, 3.8) is 0 Å². The summed E-state index contributed by atoms with van der Waals surface area (Å²) < 4.78 is 0. The summed E-state index contributed by atoms with van der Waals surface area (Å²) in [4.78, 5) is 2.38. The summed E-state index contributed by atoms with van der Waals surface area (Å²) in [6, 6.07) is 5.78. The van der Waals surface area contributed by atoms with Gasteiger partial charge in [-0.05, 0) is 25.8 Å². The largest absolute Gasteiger partial charge is 0.508 e. The lowest BCUT2D eigenvalue weighted by Gasteiger charge is -2.27. The summed E-state index contributed by atoms with van der Waals surface area (Å²) >= 11 is 0. The zero-order valence-corrected chi connectivity index (χ0v) is 11.2. The van der Waals surface area contributed by atoms with E-state index >= 15 is 0 Å². The molecule has 3 heteroatoms. The number of nitrogens with zero attached hydrogens (tertiary/aromatic N) is 1. The highest BCUT2D eigenvalue weighted by Crippen LogP contribution is 2.29. The Morgan fingerprint density at radius 1 is 1.11 bits per heavy atom. The maximum atomic E-state index is 10.0. The van der Waals surface area contributed by atoms with Gasteiger partial charge in [-0.2, -0.15) is 0 Å². The lowest BCUT2D eigenvalue weighted by Crippen LogP contribution is -2.26. The van der Waals surface area contributed by atoms with E-state index in [2.05, 4.69) is 11.0 Å². The molecule has 1 saturated heterocycles. The van der Waals surface area contributed by atoms with Crippen molar-refractivity contribution in [2.45, 2.75) is 45.1 Å². The number of hydrogen-bond acceptors (Lipinski definition) is 3. The van der Waals surface area contributed by atoms with Crippen LogP contribution < -0.4 is 10.6 Å². The molecule has 0 aromatic heterocycles. The van der Waals surface area contributed by atoms with Crippen molar-refractivity contribution < 1.29 is 5.11 Å². The smallest absolute Gasteiger partial charge is 0.122 e. The third-order valence-electron chi connectivity index (χ3n) is 3.73. The molecule has 0 aliphatic carbocycles. The van der Waals surface area contributed by atoms with Gasteiger partial charge in [0.15, 0.2) is 0 Å². The van der Waals surface area contributed by atoms with E-state index in [1.807, 2.05) is 19.1 Å². The first kappa shape index (κ1) is 13.2. The Balaban J connectivity index is 2.14. The second-order valence-electron chi connectivity index (χ2n) is 5.29. The minimum absolute atomic E-state index is 0.119. The first-order valence-corrected chi connectivity index (χ1v) is 7.02. The maximum Gasteiger partial charge on any atom is 0.122 e. The van der Waals surface area contributed by atoms with Crippen LogP contribution >= 0.6 is 0 Å². The van der Waals surface area contributed by atoms with Gasteiger partial charge in [-0.25, -0.2) is 0 Å². The van der Waals surface area contributed by atoms with Gasteiger partial charge in [0.05, 0.1) is 0 Å². The van der Waals surface area contributed by atoms with Gasteiger partial charge in [-0.3, -0.25) is 0 Å². The molecule has 1 aliphatic rings. The molecule has 100 valence electrons. The van der Waals surface area contributed by atoms with E-state index < -0.39 is 0 Å². The molecular weight excluding hydrogens is 224 g/mol. The summed E-state index contributed by atoms with van der Waals surface area (Å²) in [5.74, 6) is 0.324. The average molecular weight is 248 g/mol. The molecule has 1 aliphatic heterocycles. The molecule has 1 fully saturated rings. The van der Waals surface area contributed by atoms with Crippen LogP contribution in [0.3, 0.4) is 0 Å². The lowest BCUT2D eigenvalue weighted by molar-refractivity contribution is 0.463. The highest BCUT2D eigenvalue weighted by molar-refractivity contribution is 5.54. The molecule has 18 heavy (non-hydrogen) atoms. The van der Waals surface area contributed by atoms with Crippen molar-refractivity contribution in [1.29, 1.82) is 0 Å². The SMILES string of the molecule is CC(N)c1ccc(N2CCCCCCC2)cc1O. The van der Waals surface area contributed by atoms with Crippen molar-refractivity contribution in [2.75, 3.05) is 18.0 Å². The van der Waals surface area contributed by atoms with Crippen molar-refractivity contribution in [2.24, 2.45) is 5.73 Å². The molecule has 1 aromatic carbocycles. The number of phenols is 1. The Labute approximate surface area is 110 Å². The second-order valence-corrected chi connectivity index (χ2v) is 5.29. The highest BCUT2D eigenvalue weighted by Gasteiger charge is 2.12. The molecule has 1 heterocycles. The van der Waals surface area contributed by atoms with Crippen LogP contribution in [0.4, 0.5) is 5.69 Å². The highest BCUT2D eigenvalue weighted by atomic mass is 16.3. The molecule has 3 N–H and O–H groups in total. The molecule has 1 aromatic rings. The standard InChI is InChI=1S/C15H24N2O/c1-12(16)14-8-7-13(11-15(14)18)17-9-5-3-2-4-6-10-17/h7-8,11-12,18H,2-6,9-10,16H2,1H3. The molecule has 1 atom stereocenters. The molecule has 0 spiro atoms. The first-order chi connectivity index (χ1) is 8.68. The summed E-state index contributed by atoms with van der Waals surface area (Å²) in [5, 5.41) is 10.0. The van der Waals surface area contributed by atoms with Gasteiger partial charge in [0, 0.05) is 36.4 Å². The summed E-state index contributed by atoms with van der Waals surface area (Å²) in [6.45, 7) is 4.08. The number of hydrogen-bond donors (Lipinski definition) is 2. The second kappa shape index (κ2) is 6.10. The summed E-state index contributed by atoms with van der Waals surface area (Å²) in [5.41, 5.74) is 7.76. The predicted octanol–water partition coefficient (Wildman–Crippen LogP) is 3.18. The number of nitrogens with two attached hydrogens (primary N) is 1. The Morgan fingerprint density at radius 2 is 1.72 bits per heavy atom. The minimum Gasteiger partial charge on any atom is -0.508 e. The topological polar surface area (TPSA) is 49.5 Å². The van der Waals surface area contributed by atoms with Crippen LogP contribution in [-0.2, 0) is 0 Å². The Morgan fingerprint density at radius 3 is 2.28 bits per heavy atom. The van der Waals surface area contributed by atoms with Crippen molar-refractivity contribution >= 4 is 5.69 Å². The molecule has 0 radical (unpaired) electrons. The quantitative estimate of drug-likeness (QED) is 0.845. The van der Waals surface area contributed by atoms with Gasteiger partial charge in [-0.1, -0.05) is 25.3 Å². The monoisotopic (exact) mass is 248 g/mol. The fourth-order valence-corrected chi connectivity index (χ4v) is 2.62. The fraction of sp³-hybridized carbons (Fsp3) is 0.600. The normalized spacial score (nSPS) is 19.1. The lowest BCUT2D eigenvalue weighted by atomic mass is 10.1. The number of phenolic OH excluding ortho intramolecular Hbond substituents is 1. The average Bonchev–Trinajstić information content (AvgIpc) is 2.27. The maximum absolute atomic E-state index is 10.0. The van der Waals surface area contributed by atoms with Gasteiger partial charge in [0.25, 0.3) is 0 Å². The Kier molecular flexibility index (Phi) is 4.48. The van der Waals surface area contributed by atoms with Crippen LogP contribution in [0.2, 0.25) is 0 Å². The van der Waals surface area contributed by atoms with Gasteiger partial charge < -0.3 is 15.7 Å². The number of rotatable bonds is 2. The fourth-order valence-electron chi connectivity index (χ4n) is 2.62. The molecule has 1 unspecified atom stereocenters. The molecule has 3 nitrogen and oxygen atoms in total. The predicted molar refractivity (Wildman–Crippen MR) is 76.0 cm³/mol. The van der Waals surface area contributed by atoms with E-state index in [-0.39, 0.29) is 6.04 Å². The third kappa shape index (κ3) is 3.16. The minimum atomic E-state index is -0.119. The van der Waals surface area contributed by atoms with Crippen LogP contribution in [0.1, 0.15) is 50.6 Å². The molecule has 0 amide bonds. The summed E-state index contributed by atoms with van der Waals surface area (Å²) in [7, 11) is 0. The van der Waals surface area contributed by atoms with E-state index in [9.17, 15) is 5.11 Å². The van der Waals surface area contributed by atoms with Crippen LogP contribution in [0.25, 0.3) is 0 Å². The number of anilines is 1. The molecule has 2 rings (SSSR count). The van der Waals surface area contributed by atoms with Crippen LogP contribution in [0.15, 0.2) is 18.2 Å². The Bertz CT molecular complexity index is 382. The van der Waals surface area contributed by atoms with Crippen molar-refractivity contribution in [3.8, 4) is 5.75 Å². The van der Waals surface area contributed by atoms with E-state index in [1.54, 1.807) is 0 Å². The van der Waals surface area contributed by atoms with E-state index in [4.69, 9.17) is 5.73 Å². The van der Waals surface area contributed by atoms with Gasteiger partial charge in [-0.15, -0.1) is 0 Å². The molecular formula is C15H24N2O. The van der Waals surface area contributed by atoms with Crippen molar-refractivity contribution in [3.05, 3.63) is 23.8 Å². The van der Waals surface area contributed by atoms with Crippen LogP contribution in [-0.4, -0.2) is 18.2 Å². The molecule has 0 saturated carbocycles. The van der Waals surface area contributed by atoms with E-state index in [1.165, 1.54) is 32.1 Å². The first-order valence-electron chi connectivity index (χ1n) is 7.02.